The lowest BCUT2D eigenvalue weighted by atomic mass is 10.1. The molecule has 1 heterocycles. The van der Waals surface area contributed by atoms with Crippen LogP contribution in [0.15, 0.2) is 59.6 Å². The van der Waals surface area contributed by atoms with E-state index < -0.39 is 5.25 Å². The van der Waals surface area contributed by atoms with Crippen LogP contribution in [0.4, 0.5) is 5.69 Å². The molecule has 0 spiro atoms. The van der Waals surface area contributed by atoms with Gasteiger partial charge in [-0.05, 0) is 36.2 Å². The summed E-state index contributed by atoms with van der Waals surface area (Å²) in [6.45, 7) is 0.504. The van der Waals surface area contributed by atoms with Crippen LogP contribution in [0.3, 0.4) is 0 Å². The first-order valence-electron chi connectivity index (χ1n) is 9.06. The Bertz CT molecular complexity index is 853. The van der Waals surface area contributed by atoms with E-state index in [4.69, 9.17) is 4.74 Å². The lowest BCUT2D eigenvalue weighted by molar-refractivity contribution is -0.130. The number of carbonyl (C=O) groups excluding carboxylic acids is 2. The molecular formula is C21H23N3O3S. The van der Waals surface area contributed by atoms with Crippen molar-refractivity contribution in [3.63, 3.8) is 0 Å². The van der Waals surface area contributed by atoms with Crippen LogP contribution in [0.1, 0.15) is 12.0 Å². The van der Waals surface area contributed by atoms with Gasteiger partial charge in [0.1, 0.15) is 5.75 Å². The smallest absolute Gasteiger partial charge is 0.233 e. The van der Waals surface area contributed by atoms with E-state index in [9.17, 15) is 9.59 Å². The van der Waals surface area contributed by atoms with E-state index in [1.807, 2.05) is 54.6 Å². The molecule has 0 radical (unpaired) electrons. The summed E-state index contributed by atoms with van der Waals surface area (Å²) in [4.78, 5) is 31.2. The molecule has 1 fully saturated rings. The number of nitrogens with zero attached hydrogens (tertiary/aromatic N) is 2. The van der Waals surface area contributed by atoms with E-state index in [1.165, 1.54) is 11.8 Å². The Labute approximate surface area is 169 Å². The van der Waals surface area contributed by atoms with E-state index in [0.29, 0.717) is 18.1 Å². The second kappa shape index (κ2) is 9.41. The molecular weight excluding hydrogens is 374 g/mol. The van der Waals surface area contributed by atoms with Crippen molar-refractivity contribution in [1.29, 1.82) is 0 Å². The highest BCUT2D eigenvalue weighted by atomic mass is 32.2. The summed E-state index contributed by atoms with van der Waals surface area (Å²) in [5.74, 6) is 0.553. The molecule has 146 valence electrons. The Balaban J connectivity index is 1.80. The van der Waals surface area contributed by atoms with Crippen molar-refractivity contribution >= 4 is 34.4 Å². The molecule has 2 aromatic rings. The van der Waals surface area contributed by atoms with Crippen LogP contribution >= 0.6 is 11.8 Å². The predicted octanol–water partition coefficient (Wildman–Crippen LogP) is 3.01. The summed E-state index contributed by atoms with van der Waals surface area (Å²) < 4.78 is 5.18. The molecule has 0 saturated carbocycles. The Morgan fingerprint density at radius 3 is 2.57 bits per heavy atom. The fourth-order valence-electron chi connectivity index (χ4n) is 2.87. The Hall–Kier alpha value is -2.80. The molecule has 0 aliphatic carbocycles. The number of para-hydroxylation sites is 1. The van der Waals surface area contributed by atoms with E-state index in [2.05, 4.69) is 10.3 Å². The largest absolute Gasteiger partial charge is 0.497 e. The minimum absolute atomic E-state index is 0.0875. The summed E-state index contributed by atoms with van der Waals surface area (Å²) in [5.41, 5.74) is 1.86. The highest BCUT2D eigenvalue weighted by molar-refractivity contribution is 8.15. The number of hydrogen-bond donors (Lipinski definition) is 1. The number of aliphatic imine (C=N–C) groups is 1. The fourth-order valence-corrected chi connectivity index (χ4v) is 4.05. The maximum Gasteiger partial charge on any atom is 0.233 e. The maximum absolute atomic E-state index is 12.8. The second-order valence-corrected chi connectivity index (χ2v) is 7.47. The van der Waals surface area contributed by atoms with Gasteiger partial charge in [0.05, 0.1) is 18.0 Å². The number of rotatable bonds is 6. The number of amidine groups is 1. The molecule has 0 bridgehead atoms. The zero-order valence-electron chi connectivity index (χ0n) is 15.9. The summed E-state index contributed by atoms with van der Waals surface area (Å²) in [6, 6.07) is 17.2. The highest BCUT2D eigenvalue weighted by Gasteiger charge is 2.35. The van der Waals surface area contributed by atoms with Crippen molar-refractivity contribution in [2.24, 2.45) is 4.99 Å². The molecule has 1 aliphatic heterocycles. The van der Waals surface area contributed by atoms with Crippen molar-refractivity contribution in [2.75, 3.05) is 20.7 Å². The normalized spacial score (nSPS) is 18.2. The average Bonchev–Trinajstić information content (AvgIpc) is 2.73. The van der Waals surface area contributed by atoms with E-state index >= 15 is 0 Å². The molecule has 1 unspecified atom stereocenters. The minimum Gasteiger partial charge on any atom is -0.497 e. The van der Waals surface area contributed by atoms with Crippen molar-refractivity contribution in [3.05, 3.63) is 60.2 Å². The molecule has 1 aliphatic rings. The molecule has 6 nitrogen and oxygen atoms in total. The van der Waals surface area contributed by atoms with Gasteiger partial charge in [0, 0.05) is 20.0 Å². The van der Waals surface area contributed by atoms with E-state index in [1.54, 1.807) is 19.1 Å². The van der Waals surface area contributed by atoms with Gasteiger partial charge in [0.15, 0.2) is 5.17 Å². The van der Waals surface area contributed by atoms with Gasteiger partial charge in [-0.25, -0.2) is 4.99 Å². The molecule has 28 heavy (non-hydrogen) atoms. The number of amides is 2. The standard InChI is InChI=1S/C21H23N3O3S/c1-22-20(26)18-14-19(25)24(13-12-15-8-10-17(27-2)11-9-15)21(28-18)23-16-6-4-3-5-7-16/h3-11,18H,12-14H2,1-2H3,(H,22,26). The van der Waals surface area contributed by atoms with Gasteiger partial charge in [-0.1, -0.05) is 42.1 Å². The van der Waals surface area contributed by atoms with Crippen LogP contribution in [0.5, 0.6) is 5.75 Å². The van der Waals surface area contributed by atoms with Crippen molar-refractivity contribution < 1.29 is 14.3 Å². The van der Waals surface area contributed by atoms with Gasteiger partial charge in [-0.15, -0.1) is 0 Å². The van der Waals surface area contributed by atoms with Crippen LogP contribution in [-0.2, 0) is 16.0 Å². The summed E-state index contributed by atoms with van der Waals surface area (Å²) in [6.07, 6.45) is 0.857. The molecule has 0 aromatic heterocycles. The Kier molecular flexibility index (Phi) is 6.71. The van der Waals surface area contributed by atoms with Crippen molar-refractivity contribution in [1.82, 2.24) is 10.2 Å². The lowest BCUT2D eigenvalue weighted by Gasteiger charge is -2.31. The lowest BCUT2D eigenvalue weighted by Crippen LogP contribution is -2.46. The van der Waals surface area contributed by atoms with Gasteiger partial charge in [-0.2, -0.15) is 0 Å². The third-order valence-electron chi connectivity index (χ3n) is 4.44. The minimum atomic E-state index is -0.461. The van der Waals surface area contributed by atoms with Gasteiger partial charge >= 0.3 is 0 Å². The number of thioether (sulfide) groups is 1. The predicted molar refractivity (Wildman–Crippen MR) is 112 cm³/mol. The number of carbonyl (C=O) groups is 2. The van der Waals surface area contributed by atoms with E-state index in [0.717, 1.165) is 17.0 Å². The van der Waals surface area contributed by atoms with Gasteiger partial charge in [0.25, 0.3) is 0 Å². The Morgan fingerprint density at radius 1 is 1.21 bits per heavy atom. The summed E-state index contributed by atoms with van der Waals surface area (Å²) in [5, 5.41) is 2.72. The fraction of sp³-hybridized carbons (Fsp3) is 0.286. The first-order chi connectivity index (χ1) is 13.6. The zero-order valence-corrected chi connectivity index (χ0v) is 16.7. The maximum atomic E-state index is 12.8. The number of ether oxygens (including phenoxy) is 1. The number of benzene rings is 2. The van der Waals surface area contributed by atoms with Crippen LogP contribution in [-0.4, -0.2) is 47.8 Å². The van der Waals surface area contributed by atoms with Crippen molar-refractivity contribution in [2.45, 2.75) is 18.1 Å². The molecule has 1 N–H and O–H groups in total. The topological polar surface area (TPSA) is 71.0 Å². The molecule has 7 heteroatoms. The number of methoxy groups -OCH3 is 1. The number of hydrogen-bond acceptors (Lipinski definition) is 5. The molecule has 1 atom stereocenters. The molecule has 3 rings (SSSR count). The monoisotopic (exact) mass is 397 g/mol. The third-order valence-corrected chi connectivity index (χ3v) is 5.63. The van der Waals surface area contributed by atoms with Gasteiger partial charge < -0.3 is 10.1 Å². The van der Waals surface area contributed by atoms with E-state index in [-0.39, 0.29) is 18.2 Å². The average molecular weight is 398 g/mol. The third kappa shape index (κ3) is 4.92. The highest BCUT2D eigenvalue weighted by Crippen LogP contribution is 2.29. The van der Waals surface area contributed by atoms with Crippen LogP contribution in [0.25, 0.3) is 0 Å². The summed E-state index contributed by atoms with van der Waals surface area (Å²) in [7, 11) is 3.21. The van der Waals surface area contributed by atoms with Crippen LogP contribution in [0, 0.1) is 0 Å². The van der Waals surface area contributed by atoms with Crippen LogP contribution < -0.4 is 10.1 Å². The van der Waals surface area contributed by atoms with Crippen LogP contribution in [0.2, 0.25) is 0 Å². The first-order valence-corrected chi connectivity index (χ1v) is 9.94. The zero-order chi connectivity index (χ0) is 19.9. The van der Waals surface area contributed by atoms with Gasteiger partial charge in [-0.3, -0.25) is 14.5 Å². The Morgan fingerprint density at radius 2 is 1.93 bits per heavy atom. The molecule has 1 saturated heterocycles. The summed E-state index contributed by atoms with van der Waals surface area (Å²) >= 11 is 1.34. The van der Waals surface area contributed by atoms with Crippen molar-refractivity contribution in [3.8, 4) is 5.75 Å². The second-order valence-electron chi connectivity index (χ2n) is 6.30. The molecule has 2 amide bonds. The quantitative estimate of drug-likeness (QED) is 0.813. The first kappa shape index (κ1) is 19.9. The van der Waals surface area contributed by atoms with Gasteiger partial charge in [0.2, 0.25) is 11.8 Å². The SMILES string of the molecule is CNC(=O)C1CC(=O)N(CCc2ccc(OC)cc2)C(=Nc2ccccc2)S1. The molecule has 2 aromatic carbocycles. The number of nitrogens with one attached hydrogen (secondary N) is 1.